The van der Waals surface area contributed by atoms with Crippen LogP contribution < -0.4 is 0 Å². The van der Waals surface area contributed by atoms with Crippen LogP contribution in [0.25, 0.3) is 0 Å². The van der Waals surface area contributed by atoms with Gasteiger partial charge in [-0.25, -0.2) is 0 Å². The van der Waals surface area contributed by atoms with Gasteiger partial charge in [-0.1, -0.05) is 13.0 Å². The van der Waals surface area contributed by atoms with E-state index in [1.165, 1.54) is 43.2 Å². The average Bonchev–Trinajstić information content (AvgIpc) is 3.20. The second-order valence-corrected chi connectivity index (χ2v) is 8.08. The molecule has 4 aliphatic rings. The zero-order valence-electron chi connectivity index (χ0n) is 12.8. The molecular formula is C19H24O2. The first-order valence-corrected chi connectivity index (χ1v) is 8.59. The van der Waals surface area contributed by atoms with Gasteiger partial charge < -0.3 is 9.84 Å². The summed E-state index contributed by atoms with van der Waals surface area (Å²) in [6.07, 6.45) is 7.73. The Labute approximate surface area is 126 Å². The number of hydrogen-bond acceptors (Lipinski definition) is 2. The Morgan fingerprint density at radius 2 is 2.05 bits per heavy atom. The van der Waals surface area contributed by atoms with E-state index in [1.54, 1.807) is 0 Å². The summed E-state index contributed by atoms with van der Waals surface area (Å²) in [5.74, 6) is 2.84. The normalized spacial score (nSPS) is 46.8. The van der Waals surface area contributed by atoms with Crippen molar-refractivity contribution in [1.29, 1.82) is 0 Å². The first-order valence-electron chi connectivity index (χ1n) is 8.59. The third kappa shape index (κ3) is 1.47. The minimum atomic E-state index is 0.262. The summed E-state index contributed by atoms with van der Waals surface area (Å²) in [6.45, 7) is 3.53. The maximum atomic E-state index is 9.74. The molecule has 0 amide bonds. The Bertz CT molecular complexity index is 604. The molecule has 0 unspecified atom stereocenters. The molecule has 1 spiro atoms. The molecule has 0 bridgehead atoms. The summed E-state index contributed by atoms with van der Waals surface area (Å²) in [6, 6.07) is 6.08. The van der Waals surface area contributed by atoms with Crippen LogP contribution in [0.2, 0.25) is 0 Å². The second kappa shape index (κ2) is 3.84. The average molecular weight is 284 g/mol. The number of benzene rings is 1. The van der Waals surface area contributed by atoms with Crippen molar-refractivity contribution in [1.82, 2.24) is 0 Å². The third-order valence-electron chi connectivity index (χ3n) is 7.49. The standard InChI is InChI=1S/C19H24O2/c1-18-8-6-15-14-5-3-13(20)10-12(14)2-4-16(15)17(18)7-9-19(18)11-21-19/h3,5,10,15-17,20H,2,4,6-9,11H2,1H3/t15-,16-,17-,18-,19+/m0/s1. The minimum absolute atomic E-state index is 0.262. The van der Waals surface area contributed by atoms with Gasteiger partial charge in [-0.15, -0.1) is 0 Å². The lowest BCUT2D eigenvalue weighted by Crippen LogP contribution is -2.45. The molecule has 3 aliphatic carbocycles. The van der Waals surface area contributed by atoms with Gasteiger partial charge in [0.05, 0.1) is 12.2 Å². The van der Waals surface area contributed by atoms with E-state index in [0.29, 0.717) is 11.2 Å². The molecule has 0 aromatic heterocycles. The highest BCUT2D eigenvalue weighted by molar-refractivity contribution is 5.40. The molecule has 1 saturated heterocycles. The van der Waals surface area contributed by atoms with Crippen molar-refractivity contribution < 1.29 is 9.84 Å². The van der Waals surface area contributed by atoms with Gasteiger partial charge in [0.2, 0.25) is 0 Å². The van der Waals surface area contributed by atoms with Crippen LogP contribution in [0.4, 0.5) is 0 Å². The summed E-state index contributed by atoms with van der Waals surface area (Å²) >= 11 is 0. The SMILES string of the molecule is C[C@]12CC[C@H]3c4ccc(O)cc4CC[C@@H]3[C@@H]1CC[C@@]21CO1. The summed E-state index contributed by atoms with van der Waals surface area (Å²) < 4.78 is 5.96. The molecule has 21 heavy (non-hydrogen) atoms. The number of epoxide rings is 1. The predicted octanol–water partition coefficient (Wildman–Crippen LogP) is 4.02. The number of hydrogen-bond donors (Lipinski definition) is 1. The Balaban J connectivity index is 1.54. The topological polar surface area (TPSA) is 32.8 Å². The van der Waals surface area contributed by atoms with Gasteiger partial charge in [-0.3, -0.25) is 0 Å². The Morgan fingerprint density at radius 1 is 1.19 bits per heavy atom. The van der Waals surface area contributed by atoms with Crippen molar-refractivity contribution in [3.8, 4) is 5.75 Å². The molecule has 112 valence electrons. The number of phenols is 1. The van der Waals surface area contributed by atoms with Crippen LogP contribution in [-0.4, -0.2) is 17.3 Å². The summed E-state index contributed by atoms with van der Waals surface area (Å²) in [5.41, 5.74) is 3.62. The molecule has 1 aromatic carbocycles. The van der Waals surface area contributed by atoms with E-state index < -0.39 is 0 Å². The van der Waals surface area contributed by atoms with Crippen LogP contribution in [0.15, 0.2) is 18.2 Å². The molecule has 2 nitrogen and oxygen atoms in total. The van der Waals surface area contributed by atoms with Crippen molar-refractivity contribution in [3.63, 3.8) is 0 Å². The smallest absolute Gasteiger partial charge is 0.115 e. The molecule has 1 N–H and O–H groups in total. The van der Waals surface area contributed by atoms with Gasteiger partial charge in [0.15, 0.2) is 0 Å². The first-order chi connectivity index (χ1) is 10.1. The van der Waals surface area contributed by atoms with Crippen molar-refractivity contribution in [2.24, 2.45) is 17.3 Å². The predicted molar refractivity (Wildman–Crippen MR) is 81.4 cm³/mol. The fraction of sp³-hybridized carbons (Fsp3) is 0.684. The molecule has 2 heteroatoms. The highest BCUT2D eigenvalue weighted by Gasteiger charge is 2.68. The van der Waals surface area contributed by atoms with E-state index in [4.69, 9.17) is 4.74 Å². The highest BCUT2D eigenvalue weighted by atomic mass is 16.6. The van der Waals surface area contributed by atoms with E-state index in [0.717, 1.165) is 30.8 Å². The van der Waals surface area contributed by atoms with E-state index >= 15 is 0 Å². The van der Waals surface area contributed by atoms with Gasteiger partial charge in [0.25, 0.3) is 0 Å². The Kier molecular flexibility index (Phi) is 2.29. The number of rotatable bonds is 0. The molecule has 3 fully saturated rings. The van der Waals surface area contributed by atoms with E-state index in [1.807, 2.05) is 12.1 Å². The van der Waals surface area contributed by atoms with Crippen LogP contribution in [0.3, 0.4) is 0 Å². The van der Waals surface area contributed by atoms with Crippen molar-refractivity contribution >= 4 is 0 Å². The van der Waals surface area contributed by atoms with Crippen LogP contribution in [0.1, 0.15) is 56.1 Å². The monoisotopic (exact) mass is 284 g/mol. The molecule has 1 aliphatic heterocycles. The van der Waals surface area contributed by atoms with Gasteiger partial charge in [-0.05, 0) is 79.5 Å². The molecule has 0 radical (unpaired) electrons. The molecule has 1 heterocycles. The summed E-state index contributed by atoms with van der Waals surface area (Å²) in [4.78, 5) is 0. The van der Waals surface area contributed by atoms with Crippen molar-refractivity contribution in [2.45, 2.75) is 57.0 Å². The van der Waals surface area contributed by atoms with E-state index in [9.17, 15) is 5.11 Å². The quantitative estimate of drug-likeness (QED) is 0.730. The zero-order valence-corrected chi connectivity index (χ0v) is 12.8. The van der Waals surface area contributed by atoms with Gasteiger partial charge >= 0.3 is 0 Å². The number of aryl methyl sites for hydroxylation is 1. The molecular weight excluding hydrogens is 260 g/mol. The van der Waals surface area contributed by atoms with Crippen LogP contribution >= 0.6 is 0 Å². The molecule has 5 atom stereocenters. The van der Waals surface area contributed by atoms with Gasteiger partial charge in [0.1, 0.15) is 5.75 Å². The fourth-order valence-corrected chi connectivity index (χ4v) is 6.22. The zero-order chi connectivity index (χ0) is 14.2. The van der Waals surface area contributed by atoms with Crippen LogP contribution in [-0.2, 0) is 11.2 Å². The van der Waals surface area contributed by atoms with Crippen molar-refractivity contribution in [2.75, 3.05) is 6.61 Å². The van der Waals surface area contributed by atoms with Gasteiger partial charge in [0, 0.05) is 5.41 Å². The number of fused-ring (bicyclic) bond motifs is 6. The van der Waals surface area contributed by atoms with Gasteiger partial charge in [-0.2, -0.15) is 0 Å². The third-order valence-corrected chi connectivity index (χ3v) is 7.49. The maximum absolute atomic E-state index is 9.74. The number of ether oxygens (including phenoxy) is 1. The second-order valence-electron chi connectivity index (χ2n) is 8.08. The highest BCUT2D eigenvalue weighted by Crippen LogP contribution is 2.68. The number of aromatic hydroxyl groups is 1. The first kappa shape index (κ1) is 12.5. The molecule has 2 saturated carbocycles. The molecule has 1 aromatic rings. The Morgan fingerprint density at radius 3 is 2.86 bits per heavy atom. The van der Waals surface area contributed by atoms with Crippen LogP contribution in [0.5, 0.6) is 5.75 Å². The van der Waals surface area contributed by atoms with E-state index in [-0.39, 0.29) is 5.60 Å². The lowest BCUT2D eigenvalue weighted by molar-refractivity contribution is 0.0121. The lowest BCUT2D eigenvalue weighted by Gasteiger charge is -2.50. The largest absolute Gasteiger partial charge is 0.508 e. The Hall–Kier alpha value is -1.02. The number of phenolic OH excluding ortho intramolecular Hbond substituents is 1. The lowest BCUT2D eigenvalue weighted by atomic mass is 9.54. The fourth-order valence-electron chi connectivity index (χ4n) is 6.22. The maximum Gasteiger partial charge on any atom is 0.115 e. The minimum Gasteiger partial charge on any atom is -0.508 e. The van der Waals surface area contributed by atoms with Crippen molar-refractivity contribution in [3.05, 3.63) is 29.3 Å². The van der Waals surface area contributed by atoms with E-state index in [2.05, 4.69) is 13.0 Å². The summed E-state index contributed by atoms with van der Waals surface area (Å²) in [7, 11) is 0. The van der Waals surface area contributed by atoms with Crippen LogP contribution in [0, 0.1) is 17.3 Å². The summed E-state index contributed by atoms with van der Waals surface area (Å²) in [5, 5.41) is 9.74. The molecule has 5 rings (SSSR count).